The summed E-state index contributed by atoms with van der Waals surface area (Å²) in [6, 6.07) is 7.41. The SMILES string of the molecule is CCOC(CC)(CC)C(=O)c1ccccc1OC(C)C. The summed E-state index contributed by atoms with van der Waals surface area (Å²) < 4.78 is 11.6. The number of carbonyl (C=O) groups excluding carboxylic acids is 1. The van der Waals surface area contributed by atoms with Gasteiger partial charge in [0.1, 0.15) is 11.4 Å². The molecule has 0 atom stereocenters. The molecule has 0 spiro atoms. The Balaban J connectivity index is 3.18. The zero-order valence-corrected chi connectivity index (χ0v) is 13.2. The first-order valence-electron chi connectivity index (χ1n) is 7.45. The fourth-order valence-electron chi connectivity index (χ4n) is 2.37. The maximum atomic E-state index is 12.9. The van der Waals surface area contributed by atoms with E-state index >= 15 is 0 Å². The van der Waals surface area contributed by atoms with Crippen LogP contribution < -0.4 is 4.74 Å². The van der Waals surface area contributed by atoms with Gasteiger partial charge in [0.25, 0.3) is 0 Å². The summed E-state index contributed by atoms with van der Waals surface area (Å²) in [7, 11) is 0. The van der Waals surface area contributed by atoms with Gasteiger partial charge in [-0.2, -0.15) is 0 Å². The molecule has 0 aliphatic carbocycles. The minimum atomic E-state index is -0.745. The molecular formula is C17H26O3. The average molecular weight is 278 g/mol. The van der Waals surface area contributed by atoms with E-state index in [1.807, 2.05) is 58.9 Å². The third-order valence-electron chi connectivity index (χ3n) is 3.47. The molecule has 0 bridgehead atoms. The number of ketones is 1. The Morgan fingerprint density at radius 3 is 2.25 bits per heavy atom. The van der Waals surface area contributed by atoms with E-state index in [2.05, 4.69) is 0 Å². The Morgan fingerprint density at radius 2 is 1.75 bits per heavy atom. The van der Waals surface area contributed by atoms with Crippen molar-refractivity contribution < 1.29 is 14.3 Å². The third-order valence-corrected chi connectivity index (χ3v) is 3.47. The van der Waals surface area contributed by atoms with Crippen LogP contribution in [0.1, 0.15) is 57.8 Å². The van der Waals surface area contributed by atoms with Crippen molar-refractivity contribution in [2.75, 3.05) is 6.61 Å². The van der Waals surface area contributed by atoms with E-state index in [-0.39, 0.29) is 11.9 Å². The van der Waals surface area contributed by atoms with Crippen molar-refractivity contribution in [1.82, 2.24) is 0 Å². The van der Waals surface area contributed by atoms with E-state index in [4.69, 9.17) is 9.47 Å². The van der Waals surface area contributed by atoms with Gasteiger partial charge >= 0.3 is 0 Å². The first-order valence-corrected chi connectivity index (χ1v) is 7.45. The molecule has 112 valence electrons. The lowest BCUT2D eigenvalue weighted by molar-refractivity contribution is -0.0252. The van der Waals surface area contributed by atoms with Crippen LogP contribution in [0.2, 0.25) is 0 Å². The molecule has 0 amide bonds. The van der Waals surface area contributed by atoms with Gasteiger partial charge in [-0.3, -0.25) is 4.79 Å². The zero-order valence-electron chi connectivity index (χ0n) is 13.2. The molecule has 0 saturated carbocycles. The van der Waals surface area contributed by atoms with Gasteiger partial charge in [-0.05, 0) is 45.7 Å². The summed E-state index contributed by atoms with van der Waals surface area (Å²) in [6.07, 6.45) is 1.35. The van der Waals surface area contributed by atoms with Gasteiger partial charge in [0.2, 0.25) is 0 Å². The van der Waals surface area contributed by atoms with Gasteiger partial charge in [-0.15, -0.1) is 0 Å². The van der Waals surface area contributed by atoms with Crippen molar-refractivity contribution in [3.63, 3.8) is 0 Å². The first kappa shape index (κ1) is 16.7. The molecule has 0 fully saturated rings. The minimum Gasteiger partial charge on any atom is -0.490 e. The van der Waals surface area contributed by atoms with Gasteiger partial charge in [-0.1, -0.05) is 26.0 Å². The Kier molecular flexibility index (Phi) is 6.21. The van der Waals surface area contributed by atoms with Crippen LogP contribution >= 0.6 is 0 Å². The van der Waals surface area contributed by atoms with Crippen molar-refractivity contribution in [3.05, 3.63) is 29.8 Å². The number of benzene rings is 1. The predicted molar refractivity (Wildman–Crippen MR) is 81.5 cm³/mol. The summed E-state index contributed by atoms with van der Waals surface area (Å²) >= 11 is 0. The molecule has 0 saturated heterocycles. The molecule has 0 aliphatic rings. The van der Waals surface area contributed by atoms with E-state index in [9.17, 15) is 4.79 Å². The second-order valence-electron chi connectivity index (χ2n) is 5.13. The molecular weight excluding hydrogens is 252 g/mol. The maximum Gasteiger partial charge on any atom is 0.198 e. The highest BCUT2D eigenvalue weighted by molar-refractivity contribution is 6.04. The fourth-order valence-corrected chi connectivity index (χ4v) is 2.37. The number of hydrogen-bond acceptors (Lipinski definition) is 3. The van der Waals surface area contributed by atoms with Crippen LogP contribution in [0.4, 0.5) is 0 Å². The van der Waals surface area contributed by atoms with Crippen molar-refractivity contribution in [3.8, 4) is 5.75 Å². The summed E-state index contributed by atoms with van der Waals surface area (Å²) in [5.74, 6) is 0.652. The molecule has 1 rings (SSSR count). The van der Waals surface area contributed by atoms with E-state index < -0.39 is 5.60 Å². The predicted octanol–water partition coefficient (Wildman–Crippen LogP) is 4.25. The topological polar surface area (TPSA) is 35.5 Å². The number of para-hydroxylation sites is 1. The van der Waals surface area contributed by atoms with Crippen molar-refractivity contribution in [2.24, 2.45) is 0 Å². The van der Waals surface area contributed by atoms with Crippen LogP contribution in [0.5, 0.6) is 5.75 Å². The van der Waals surface area contributed by atoms with E-state index in [1.54, 1.807) is 0 Å². The molecule has 3 heteroatoms. The van der Waals surface area contributed by atoms with Crippen molar-refractivity contribution in [1.29, 1.82) is 0 Å². The van der Waals surface area contributed by atoms with Crippen LogP contribution in [-0.4, -0.2) is 24.1 Å². The molecule has 0 N–H and O–H groups in total. The lowest BCUT2D eigenvalue weighted by atomic mass is 9.87. The van der Waals surface area contributed by atoms with Crippen molar-refractivity contribution >= 4 is 5.78 Å². The molecule has 0 aliphatic heterocycles. The average Bonchev–Trinajstić information content (AvgIpc) is 2.44. The second kappa shape index (κ2) is 7.44. The standard InChI is InChI=1S/C17H26O3/c1-6-17(7-2,19-8-3)16(18)14-11-9-10-12-15(14)20-13(4)5/h9-13H,6-8H2,1-5H3. The summed E-state index contributed by atoms with van der Waals surface area (Å²) in [5.41, 5.74) is -0.135. The van der Waals surface area contributed by atoms with Gasteiger partial charge in [0, 0.05) is 6.61 Å². The Labute approximate surface area is 122 Å². The summed E-state index contributed by atoms with van der Waals surface area (Å²) in [5, 5.41) is 0. The number of Topliss-reactive ketones (excluding diaryl/α,β-unsaturated/α-hetero) is 1. The van der Waals surface area contributed by atoms with Crippen molar-refractivity contribution in [2.45, 2.75) is 59.2 Å². The summed E-state index contributed by atoms with van der Waals surface area (Å²) in [6.45, 7) is 10.3. The van der Waals surface area contributed by atoms with Crippen LogP contribution in [0.25, 0.3) is 0 Å². The largest absolute Gasteiger partial charge is 0.490 e. The lowest BCUT2D eigenvalue weighted by Gasteiger charge is -2.30. The number of rotatable bonds is 8. The number of hydrogen-bond donors (Lipinski definition) is 0. The molecule has 1 aromatic rings. The van der Waals surface area contributed by atoms with E-state index in [0.717, 1.165) is 0 Å². The number of ether oxygens (including phenoxy) is 2. The fraction of sp³-hybridized carbons (Fsp3) is 0.588. The van der Waals surface area contributed by atoms with Gasteiger partial charge < -0.3 is 9.47 Å². The quantitative estimate of drug-likeness (QED) is 0.667. The van der Waals surface area contributed by atoms with Gasteiger partial charge in [0.15, 0.2) is 5.78 Å². The normalized spacial score (nSPS) is 11.7. The second-order valence-corrected chi connectivity index (χ2v) is 5.13. The Hall–Kier alpha value is -1.35. The lowest BCUT2D eigenvalue weighted by Crippen LogP contribution is -2.41. The molecule has 0 radical (unpaired) electrons. The maximum absolute atomic E-state index is 12.9. The first-order chi connectivity index (χ1) is 9.50. The molecule has 0 heterocycles. The van der Waals surface area contributed by atoms with Crippen LogP contribution in [0.15, 0.2) is 24.3 Å². The zero-order chi connectivity index (χ0) is 15.2. The van der Waals surface area contributed by atoms with E-state index in [1.165, 1.54) is 0 Å². The van der Waals surface area contributed by atoms with Gasteiger partial charge in [0.05, 0.1) is 11.7 Å². The highest BCUT2D eigenvalue weighted by Gasteiger charge is 2.37. The van der Waals surface area contributed by atoms with Crippen LogP contribution in [-0.2, 0) is 4.74 Å². The smallest absolute Gasteiger partial charge is 0.198 e. The third kappa shape index (κ3) is 3.60. The highest BCUT2D eigenvalue weighted by Crippen LogP contribution is 2.30. The highest BCUT2D eigenvalue weighted by atomic mass is 16.5. The Morgan fingerprint density at radius 1 is 1.15 bits per heavy atom. The molecule has 0 unspecified atom stereocenters. The van der Waals surface area contributed by atoms with Crippen LogP contribution in [0, 0.1) is 0 Å². The van der Waals surface area contributed by atoms with Crippen LogP contribution in [0.3, 0.4) is 0 Å². The Bertz CT molecular complexity index is 434. The molecule has 1 aromatic carbocycles. The molecule has 20 heavy (non-hydrogen) atoms. The number of carbonyl (C=O) groups is 1. The minimum absolute atomic E-state index is 0.0144. The van der Waals surface area contributed by atoms with E-state index in [0.29, 0.717) is 30.8 Å². The monoisotopic (exact) mass is 278 g/mol. The summed E-state index contributed by atoms with van der Waals surface area (Å²) in [4.78, 5) is 12.9. The van der Waals surface area contributed by atoms with Gasteiger partial charge in [-0.25, -0.2) is 0 Å². The molecule has 3 nitrogen and oxygen atoms in total. The molecule has 0 aromatic heterocycles.